The van der Waals surface area contributed by atoms with Crippen molar-refractivity contribution in [1.82, 2.24) is 9.88 Å². The lowest BCUT2D eigenvalue weighted by Crippen LogP contribution is -2.43. The highest BCUT2D eigenvalue weighted by Gasteiger charge is 2.38. The lowest BCUT2D eigenvalue weighted by atomic mass is 9.64. The fraction of sp³-hybridized carbons (Fsp3) is 0.520. The Balaban J connectivity index is 1.31. The summed E-state index contributed by atoms with van der Waals surface area (Å²) in [5, 5.41) is -0.927. The second kappa shape index (κ2) is 10.8. The van der Waals surface area contributed by atoms with E-state index in [0.717, 1.165) is 58.7 Å². The van der Waals surface area contributed by atoms with Crippen molar-refractivity contribution in [2.24, 2.45) is 0 Å². The van der Waals surface area contributed by atoms with Crippen molar-refractivity contribution in [1.29, 1.82) is 0 Å². The number of thioether (sulfide) groups is 1. The van der Waals surface area contributed by atoms with Crippen molar-refractivity contribution in [3.63, 3.8) is 0 Å². The first-order chi connectivity index (χ1) is 16.0. The van der Waals surface area contributed by atoms with Crippen LogP contribution in [-0.2, 0) is 22.5 Å². The minimum atomic E-state index is -0.927. The van der Waals surface area contributed by atoms with Gasteiger partial charge in [-0.15, -0.1) is 11.8 Å². The maximum atomic E-state index is 12.3. The fourth-order valence-electron chi connectivity index (χ4n) is 4.34. The van der Waals surface area contributed by atoms with E-state index >= 15 is 0 Å². The van der Waals surface area contributed by atoms with Crippen LogP contribution in [0.15, 0.2) is 34.8 Å². The van der Waals surface area contributed by atoms with Crippen LogP contribution >= 0.6 is 11.8 Å². The highest BCUT2D eigenvalue weighted by molar-refractivity contribution is 8.08. The van der Waals surface area contributed by atoms with E-state index in [1.807, 2.05) is 26.0 Å². The van der Waals surface area contributed by atoms with Crippen molar-refractivity contribution < 1.29 is 18.7 Å². The molecular formula is C25H31BN2O4S. The number of rotatable bonds is 9. The molecule has 1 unspecified atom stereocenters. The number of carbonyl (C=O) groups excluding carboxylic acids is 1. The number of piperidine rings is 1. The molecule has 1 atom stereocenters. The van der Waals surface area contributed by atoms with Crippen LogP contribution in [0.5, 0.6) is 5.75 Å². The number of benzene rings is 1. The third-order valence-electron chi connectivity index (χ3n) is 6.01. The van der Waals surface area contributed by atoms with Gasteiger partial charge >= 0.3 is 5.97 Å². The average molecular weight is 466 g/mol. The summed E-state index contributed by atoms with van der Waals surface area (Å²) in [4.78, 5) is 20.3. The summed E-state index contributed by atoms with van der Waals surface area (Å²) in [6.45, 7) is 6.77. The molecule has 0 saturated carbocycles. The molecule has 33 heavy (non-hydrogen) atoms. The summed E-state index contributed by atoms with van der Waals surface area (Å²) in [6.07, 6.45) is 5.48. The van der Waals surface area contributed by atoms with Crippen LogP contribution in [0.25, 0.3) is 4.91 Å². The number of ether oxygens (including phenoxy) is 2. The van der Waals surface area contributed by atoms with Gasteiger partial charge in [0.05, 0.1) is 31.7 Å². The Morgan fingerprint density at radius 1 is 1.39 bits per heavy atom. The molecule has 0 spiro atoms. The topological polar surface area (TPSA) is 64.8 Å². The molecule has 3 heterocycles. The summed E-state index contributed by atoms with van der Waals surface area (Å²) >= 11 is 1.79. The van der Waals surface area contributed by atoms with Gasteiger partial charge in [-0.25, -0.2) is 4.98 Å². The van der Waals surface area contributed by atoms with E-state index in [1.54, 1.807) is 11.8 Å². The molecule has 0 bridgehead atoms. The van der Waals surface area contributed by atoms with Gasteiger partial charge in [-0.05, 0) is 57.4 Å². The van der Waals surface area contributed by atoms with Crippen LogP contribution in [0.2, 0.25) is 5.31 Å². The Morgan fingerprint density at radius 2 is 2.27 bits per heavy atom. The predicted octanol–water partition coefficient (Wildman–Crippen LogP) is 4.57. The van der Waals surface area contributed by atoms with Crippen LogP contribution < -0.4 is 4.74 Å². The molecule has 0 aliphatic carbocycles. The monoisotopic (exact) mass is 466 g/mol. The fourth-order valence-corrected chi connectivity index (χ4v) is 5.24. The van der Waals surface area contributed by atoms with Gasteiger partial charge in [-0.1, -0.05) is 18.2 Å². The molecule has 1 aromatic heterocycles. The van der Waals surface area contributed by atoms with Crippen molar-refractivity contribution >= 4 is 30.5 Å². The smallest absolute Gasteiger partial charge is 0.304 e. The van der Waals surface area contributed by atoms with Crippen molar-refractivity contribution in [3.05, 3.63) is 53.2 Å². The lowest BCUT2D eigenvalue weighted by Gasteiger charge is -2.39. The number of hydrogen-bond acceptors (Lipinski definition) is 7. The lowest BCUT2D eigenvalue weighted by molar-refractivity contribution is -0.148. The van der Waals surface area contributed by atoms with E-state index < -0.39 is 5.31 Å². The van der Waals surface area contributed by atoms with Gasteiger partial charge in [0.25, 0.3) is 0 Å². The first-order valence-corrected chi connectivity index (χ1v) is 12.7. The van der Waals surface area contributed by atoms with E-state index in [0.29, 0.717) is 39.1 Å². The maximum Gasteiger partial charge on any atom is 0.304 e. The minimum Gasteiger partial charge on any atom is -0.493 e. The van der Waals surface area contributed by atoms with Crippen molar-refractivity contribution in [2.75, 3.05) is 32.1 Å². The number of carbonyl (C=O) groups is 1. The molecule has 4 rings (SSSR count). The largest absolute Gasteiger partial charge is 0.493 e. The van der Waals surface area contributed by atoms with Crippen LogP contribution in [0, 0.1) is 6.92 Å². The number of allylic oxidation sites excluding steroid dienone is 1. The molecule has 1 saturated heterocycles. The standard InChI is InChI=1S/C25H31BN2O4S/c1-3-30-24(29)25(26)11-6-12-28(17-25)16-19-7-4-8-20(15-19)31-13-10-21-18(2)32-23(27-21)22-9-5-14-33-22/h4,7-9,15H,3,5-6,10-14,16-17H2,1-2H3. The zero-order valence-electron chi connectivity index (χ0n) is 19.5. The van der Waals surface area contributed by atoms with E-state index in [-0.39, 0.29) is 5.97 Å². The van der Waals surface area contributed by atoms with Gasteiger partial charge in [-0.3, -0.25) is 9.69 Å². The minimum absolute atomic E-state index is 0.305. The van der Waals surface area contributed by atoms with Crippen molar-refractivity contribution in [2.45, 2.75) is 51.4 Å². The molecule has 0 N–H and O–H groups in total. The summed E-state index contributed by atoms with van der Waals surface area (Å²) in [6, 6.07) is 8.09. The van der Waals surface area contributed by atoms with Crippen LogP contribution in [-0.4, -0.2) is 55.8 Å². The normalized spacial score (nSPS) is 21.1. The van der Waals surface area contributed by atoms with Gasteiger partial charge in [0, 0.05) is 30.6 Å². The molecule has 174 valence electrons. The Bertz CT molecular complexity index is 1010. The predicted molar refractivity (Wildman–Crippen MR) is 132 cm³/mol. The summed E-state index contributed by atoms with van der Waals surface area (Å²) < 4.78 is 17.1. The van der Waals surface area contributed by atoms with Crippen LogP contribution in [0.4, 0.5) is 0 Å². The molecule has 2 radical (unpaired) electrons. The average Bonchev–Trinajstić information content (AvgIpc) is 3.45. The van der Waals surface area contributed by atoms with E-state index in [9.17, 15) is 4.79 Å². The molecule has 1 aromatic carbocycles. The van der Waals surface area contributed by atoms with Crippen molar-refractivity contribution in [3.8, 4) is 5.75 Å². The van der Waals surface area contributed by atoms with Gasteiger partial charge < -0.3 is 13.9 Å². The Hall–Kier alpha value is -2.19. The number of hydrogen-bond donors (Lipinski definition) is 0. The summed E-state index contributed by atoms with van der Waals surface area (Å²) in [7, 11) is 6.38. The SMILES string of the molecule is [B]C1(C(=O)OCC)CCCN(Cc2cccc(OCCc3nc(C4=CCCS4)oc3C)c2)C1. The first kappa shape index (κ1) is 24.0. The van der Waals surface area contributed by atoms with Crippen LogP contribution in [0.1, 0.15) is 49.1 Å². The maximum absolute atomic E-state index is 12.3. The third kappa shape index (κ3) is 6.04. The molecule has 2 aliphatic heterocycles. The van der Waals surface area contributed by atoms with E-state index in [2.05, 4.69) is 28.1 Å². The first-order valence-electron chi connectivity index (χ1n) is 11.7. The summed E-state index contributed by atoms with van der Waals surface area (Å²) in [5.74, 6) is 3.20. The highest BCUT2D eigenvalue weighted by Crippen LogP contribution is 2.36. The molecular weight excluding hydrogens is 435 g/mol. The molecule has 2 aromatic rings. The van der Waals surface area contributed by atoms with E-state index in [4.69, 9.17) is 21.7 Å². The second-order valence-corrected chi connectivity index (χ2v) is 9.80. The number of aryl methyl sites for hydroxylation is 1. The Morgan fingerprint density at radius 3 is 3.06 bits per heavy atom. The van der Waals surface area contributed by atoms with Gasteiger partial charge in [0.15, 0.2) is 0 Å². The number of likely N-dealkylation sites (tertiary alicyclic amines) is 1. The second-order valence-electron chi connectivity index (χ2n) is 8.66. The van der Waals surface area contributed by atoms with Gasteiger partial charge in [0.1, 0.15) is 11.5 Å². The van der Waals surface area contributed by atoms with Gasteiger partial charge in [0.2, 0.25) is 5.89 Å². The summed E-state index contributed by atoms with van der Waals surface area (Å²) in [5.41, 5.74) is 2.08. The number of aromatic nitrogens is 1. The van der Waals surface area contributed by atoms with Gasteiger partial charge in [-0.2, -0.15) is 0 Å². The molecule has 8 heteroatoms. The zero-order chi connectivity index (χ0) is 23.3. The number of esters is 1. The molecule has 1 fully saturated rings. The highest BCUT2D eigenvalue weighted by atomic mass is 32.2. The van der Waals surface area contributed by atoms with Crippen LogP contribution in [0.3, 0.4) is 0 Å². The Labute approximate surface area is 201 Å². The molecule has 6 nitrogen and oxygen atoms in total. The number of oxazole rings is 1. The molecule has 2 aliphatic rings. The van der Waals surface area contributed by atoms with E-state index in [1.165, 1.54) is 0 Å². The zero-order valence-corrected chi connectivity index (χ0v) is 20.3. The number of nitrogens with zero attached hydrogens (tertiary/aromatic N) is 2. The Kier molecular flexibility index (Phi) is 7.86. The quantitative estimate of drug-likeness (QED) is 0.396. The third-order valence-corrected chi connectivity index (χ3v) is 7.10. The molecule has 0 amide bonds.